The third kappa shape index (κ3) is 3.06. The zero-order chi connectivity index (χ0) is 10.5. The first-order chi connectivity index (χ1) is 7.38. The van der Waals surface area contributed by atoms with E-state index in [0.29, 0.717) is 6.61 Å². The smallest absolute Gasteiger partial charge is 0.127 e. The maximum absolute atomic E-state index is 8.85. The zero-order valence-corrected chi connectivity index (χ0v) is 9.04. The molecule has 0 saturated carbocycles. The SMILES string of the molecule is OCC[NH+]1CC[NH+](Cc2ccoc2)CC1. The second-order valence-electron chi connectivity index (χ2n) is 4.28. The van der Waals surface area contributed by atoms with Crippen molar-refractivity contribution in [1.82, 2.24) is 0 Å². The zero-order valence-electron chi connectivity index (χ0n) is 9.04. The molecule has 1 aliphatic rings. The van der Waals surface area contributed by atoms with Crippen LogP contribution in [-0.2, 0) is 6.54 Å². The lowest BCUT2D eigenvalue weighted by atomic mass is 10.2. The molecule has 2 rings (SSSR count). The van der Waals surface area contributed by atoms with Gasteiger partial charge in [-0.05, 0) is 6.07 Å². The normalized spacial score (nSPS) is 26.7. The predicted octanol–water partition coefficient (Wildman–Crippen LogP) is -2.44. The van der Waals surface area contributed by atoms with Crippen molar-refractivity contribution in [1.29, 1.82) is 0 Å². The minimum absolute atomic E-state index is 0.312. The highest BCUT2D eigenvalue weighted by molar-refractivity contribution is 5.02. The van der Waals surface area contributed by atoms with E-state index in [4.69, 9.17) is 9.52 Å². The molecule has 0 radical (unpaired) electrons. The molecule has 1 saturated heterocycles. The summed E-state index contributed by atoms with van der Waals surface area (Å²) in [6, 6.07) is 2.04. The van der Waals surface area contributed by atoms with Crippen LogP contribution in [0, 0.1) is 0 Å². The molecular weight excluding hydrogens is 192 g/mol. The number of quaternary nitrogens is 2. The van der Waals surface area contributed by atoms with Crippen LogP contribution in [0.3, 0.4) is 0 Å². The van der Waals surface area contributed by atoms with Crippen LogP contribution in [0.5, 0.6) is 0 Å². The monoisotopic (exact) mass is 212 g/mol. The highest BCUT2D eigenvalue weighted by atomic mass is 16.3. The Balaban J connectivity index is 1.74. The largest absolute Gasteiger partial charge is 0.472 e. The molecule has 0 unspecified atom stereocenters. The molecular formula is C11H20N2O2+2. The predicted molar refractivity (Wildman–Crippen MR) is 55.8 cm³/mol. The topological polar surface area (TPSA) is 42.2 Å². The lowest BCUT2D eigenvalue weighted by Gasteiger charge is -2.28. The van der Waals surface area contributed by atoms with Crippen molar-refractivity contribution < 1.29 is 19.3 Å². The molecule has 0 amide bonds. The summed E-state index contributed by atoms with van der Waals surface area (Å²) in [5.74, 6) is 0. The number of aliphatic hydroxyl groups excluding tert-OH is 1. The fourth-order valence-electron chi connectivity index (χ4n) is 2.22. The van der Waals surface area contributed by atoms with Gasteiger partial charge in [-0.1, -0.05) is 0 Å². The molecule has 0 aromatic carbocycles. The molecule has 84 valence electrons. The van der Waals surface area contributed by atoms with Crippen molar-refractivity contribution in [2.45, 2.75) is 6.54 Å². The van der Waals surface area contributed by atoms with Gasteiger partial charge in [0, 0.05) is 5.56 Å². The Morgan fingerprint density at radius 3 is 2.53 bits per heavy atom. The molecule has 0 spiro atoms. The summed E-state index contributed by atoms with van der Waals surface area (Å²) in [6.07, 6.45) is 3.57. The molecule has 1 aromatic rings. The summed E-state index contributed by atoms with van der Waals surface area (Å²) in [5, 5.41) is 8.85. The fourth-order valence-corrected chi connectivity index (χ4v) is 2.22. The van der Waals surface area contributed by atoms with Crippen molar-refractivity contribution in [2.75, 3.05) is 39.3 Å². The van der Waals surface area contributed by atoms with E-state index in [-0.39, 0.29) is 0 Å². The van der Waals surface area contributed by atoms with Crippen LogP contribution in [0.2, 0.25) is 0 Å². The summed E-state index contributed by atoms with van der Waals surface area (Å²) in [7, 11) is 0. The van der Waals surface area contributed by atoms with E-state index in [9.17, 15) is 0 Å². The van der Waals surface area contributed by atoms with E-state index < -0.39 is 0 Å². The Kier molecular flexibility index (Phi) is 3.77. The van der Waals surface area contributed by atoms with Crippen LogP contribution < -0.4 is 9.80 Å². The third-order valence-corrected chi connectivity index (χ3v) is 3.16. The average Bonchev–Trinajstić information content (AvgIpc) is 2.74. The highest BCUT2D eigenvalue weighted by Gasteiger charge is 2.22. The highest BCUT2D eigenvalue weighted by Crippen LogP contribution is 1.96. The third-order valence-electron chi connectivity index (χ3n) is 3.16. The van der Waals surface area contributed by atoms with Gasteiger partial charge in [-0.2, -0.15) is 0 Å². The van der Waals surface area contributed by atoms with Crippen LogP contribution in [0.4, 0.5) is 0 Å². The maximum Gasteiger partial charge on any atom is 0.127 e. The minimum atomic E-state index is 0.312. The molecule has 15 heavy (non-hydrogen) atoms. The molecule has 0 bridgehead atoms. The lowest BCUT2D eigenvalue weighted by Crippen LogP contribution is -3.27. The van der Waals surface area contributed by atoms with Gasteiger partial charge in [0.25, 0.3) is 0 Å². The van der Waals surface area contributed by atoms with E-state index in [1.165, 1.54) is 36.6 Å². The number of hydrogen-bond donors (Lipinski definition) is 3. The first kappa shape index (κ1) is 10.7. The van der Waals surface area contributed by atoms with E-state index in [1.807, 2.05) is 12.3 Å². The van der Waals surface area contributed by atoms with E-state index in [1.54, 1.807) is 11.2 Å². The number of hydrogen-bond acceptors (Lipinski definition) is 2. The number of aliphatic hydroxyl groups is 1. The van der Waals surface area contributed by atoms with Gasteiger partial charge in [0.2, 0.25) is 0 Å². The Morgan fingerprint density at radius 1 is 1.20 bits per heavy atom. The summed E-state index contributed by atoms with van der Waals surface area (Å²) >= 11 is 0. The fraction of sp³-hybridized carbons (Fsp3) is 0.636. The van der Waals surface area contributed by atoms with Crippen LogP contribution >= 0.6 is 0 Å². The molecule has 2 heterocycles. The summed E-state index contributed by atoms with van der Waals surface area (Å²) in [5.41, 5.74) is 1.29. The Hall–Kier alpha value is -0.840. The standard InChI is InChI=1S/C11H18N2O2/c14-7-6-12-2-4-13(5-3-12)9-11-1-8-15-10-11/h1,8,10,14H,2-7,9H2/p+2. The first-order valence-corrected chi connectivity index (χ1v) is 5.67. The number of rotatable bonds is 4. The van der Waals surface area contributed by atoms with Gasteiger partial charge in [0.05, 0.1) is 19.1 Å². The van der Waals surface area contributed by atoms with E-state index in [2.05, 4.69) is 0 Å². The van der Waals surface area contributed by atoms with Crippen LogP contribution in [-0.4, -0.2) is 44.4 Å². The van der Waals surface area contributed by atoms with E-state index >= 15 is 0 Å². The number of piperazine rings is 1. The van der Waals surface area contributed by atoms with E-state index in [0.717, 1.165) is 13.1 Å². The summed E-state index contributed by atoms with van der Waals surface area (Å²) < 4.78 is 5.06. The van der Waals surface area contributed by atoms with Gasteiger partial charge in [-0.15, -0.1) is 0 Å². The second kappa shape index (κ2) is 5.30. The molecule has 1 fully saturated rings. The van der Waals surface area contributed by atoms with Crippen LogP contribution in [0.25, 0.3) is 0 Å². The molecule has 1 aromatic heterocycles. The first-order valence-electron chi connectivity index (χ1n) is 5.67. The summed E-state index contributed by atoms with van der Waals surface area (Å²) in [6.45, 7) is 7.02. The summed E-state index contributed by atoms with van der Waals surface area (Å²) in [4.78, 5) is 3.16. The van der Waals surface area contributed by atoms with Crippen molar-refractivity contribution in [3.05, 3.63) is 24.2 Å². The quantitative estimate of drug-likeness (QED) is 0.519. The van der Waals surface area contributed by atoms with Crippen molar-refractivity contribution in [3.63, 3.8) is 0 Å². The van der Waals surface area contributed by atoms with Crippen LogP contribution in [0.1, 0.15) is 5.56 Å². The van der Waals surface area contributed by atoms with Gasteiger partial charge in [0.1, 0.15) is 39.3 Å². The van der Waals surface area contributed by atoms with Gasteiger partial charge < -0.3 is 19.3 Å². The molecule has 0 atom stereocenters. The average molecular weight is 212 g/mol. The lowest BCUT2D eigenvalue weighted by molar-refractivity contribution is -1.02. The minimum Gasteiger partial charge on any atom is -0.472 e. The van der Waals surface area contributed by atoms with Gasteiger partial charge in [-0.25, -0.2) is 0 Å². The number of nitrogens with one attached hydrogen (secondary N) is 2. The van der Waals surface area contributed by atoms with Crippen molar-refractivity contribution in [2.24, 2.45) is 0 Å². The second-order valence-corrected chi connectivity index (χ2v) is 4.28. The number of furan rings is 1. The molecule has 1 aliphatic heterocycles. The van der Waals surface area contributed by atoms with Gasteiger partial charge in [-0.3, -0.25) is 0 Å². The Morgan fingerprint density at radius 2 is 1.93 bits per heavy atom. The van der Waals surface area contributed by atoms with Crippen molar-refractivity contribution in [3.8, 4) is 0 Å². The van der Waals surface area contributed by atoms with Crippen LogP contribution in [0.15, 0.2) is 23.0 Å². The maximum atomic E-state index is 8.85. The Bertz CT molecular complexity index is 266. The molecule has 4 nitrogen and oxygen atoms in total. The Labute approximate surface area is 90.1 Å². The van der Waals surface area contributed by atoms with Gasteiger partial charge >= 0.3 is 0 Å². The molecule has 3 N–H and O–H groups in total. The van der Waals surface area contributed by atoms with Crippen molar-refractivity contribution >= 4 is 0 Å². The molecule has 0 aliphatic carbocycles. The molecule has 4 heteroatoms. The van der Waals surface area contributed by atoms with Gasteiger partial charge in [0.15, 0.2) is 0 Å².